The van der Waals surface area contributed by atoms with Crippen molar-refractivity contribution in [3.63, 3.8) is 0 Å². The van der Waals surface area contributed by atoms with Gasteiger partial charge in [-0.05, 0) is 36.8 Å². The van der Waals surface area contributed by atoms with Crippen molar-refractivity contribution in [2.24, 2.45) is 0 Å². The molecule has 2 amide bonds. The second-order valence-corrected chi connectivity index (χ2v) is 5.64. The van der Waals surface area contributed by atoms with Gasteiger partial charge in [-0.25, -0.2) is 9.18 Å². The molecule has 0 bridgehead atoms. The van der Waals surface area contributed by atoms with E-state index >= 15 is 0 Å². The van der Waals surface area contributed by atoms with Gasteiger partial charge in [0, 0.05) is 10.5 Å². The summed E-state index contributed by atoms with van der Waals surface area (Å²) in [6.07, 6.45) is 0. The van der Waals surface area contributed by atoms with Crippen molar-refractivity contribution in [1.29, 1.82) is 0 Å². The molecule has 0 aromatic heterocycles. The Kier molecular flexibility index (Phi) is 5.38. The maximum absolute atomic E-state index is 13.1. The predicted molar refractivity (Wildman–Crippen MR) is 87.7 cm³/mol. The van der Waals surface area contributed by atoms with Gasteiger partial charge in [0.2, 0.25) is 0 Å². The Morgan fingerprint density at radius 3 is 2.73 bits per heavy atom. The molecular weight excluding hydrogens is 351 g/mol. The maximum atomic E-state index is 13.1. The van der Waals surface area contributed by atoms with Gasteiger partial charge in [-0.3, -0.25) is 0 Å². The number of methoxy groups -OCH3 is 1. The molecule has 2 N–H and O–H groups in total. The highest BCUT2D eigenvalue weighted by molar-refractivity contribution is 9.10. The Hall–Kier alpha value is -2.08. The zero-order valence-corrected chi connectivity index (χ0v) is 13.8. The van der Waals surface area contributed by atoms with E-state index in [2.05, 4.69) is 26.6 Å². The average Bonchev–Trinajstić information content (AvgIpc) is 2.49. The molecule has 0 radical (unpaired) electrons. The van der Waals surface area contributed by atoms with E-state index in [1.54, 1.807) is 0 Å². The molecule has 2 aromatic rings. The van der Waals surface area contributed by atoms with Crippen LogP contribution >= 0.6 is 15.9 Å². The van der Waals surface area contributed by atoms with E-state index in [1.807, 2.05) is 31.2 Å². The quantitative estimate of drug-likeness (QED) is 0.837. The normalized spacial score (nSPS) is 11.6. The molecule has 22 heavy (non-hydrogen) atoms. The van der Waals surface area contributed by atoms with Gasteiger partial charge in [-0.2, -0.15) is 0 Å². The van der Waals surface area contributed by atoms with Crippen LogP contribution in [0.1, 0.15) is 18.5 Å². The molecule has 2 rings (SSSR count). The van der Waals surface area contributed by atoms with Crippen LogP contribution in [0.3, 0.4) is 0 Å². The molecule has 2 aromatic carbocycles. The molecule has 6 heteroatoms. The molecule has 1 atom stereocenters. The van der Waals surface area contributed by atoms with Crippen LogP contribution in [-0.2, 0) is 0 Å². The van der Waals surface area contributed by atoms with E-state index in [0.29, 0.717) is 5.69 Å². The van der Waals surface area contributed by atoms with Crippen LogP contribution in [-0.4, -0.2) is 13.1 Å². The van der Waals surface area contributed by atoms with Gasteiger partial charge in [-0.1, -0.05) is 28.1 Å². The fourth-order valence-electron chi connectivity index (χ4n) is 1.98. The molecule has 0 aliphatic carbocycles. The molecule has 0 aliphatic heterocycles. The predicted octanol–water partition coefficient (Wildman–Crippen LogP) is 4.48. The summed E-state index contributed by atoms with van der Waals surface area (Å²) in [5.41, 5.74) is 1.37. The number of carbonyl (C=O) groups excluding carboxylic acids is 1. The number of hydrogen-bond acceptors (Lipinski definition) is 2. The van der Waals surface area contributed by atoms with E-state index in [0.717, 1.165) is 10.0 Å². The van der Waals surface area contributed by atoms with Crippen LogP contribution in [0, 0.1) is 5.82 Å². The lowest BCUT2D eigenvalue weighted by molar-refractivity contribution is 0.249. The summed E-state index contributed by atoms with van der Waals surface area (Å²) in [6, 6.07) is 11.0. The largest absolute Gasteiger partial charge is 0.494 e. The van der Waals surface area contributed by atoms with Gasteiger partial charge in [0.25, 0.3) is 0 Å². The second kappa shape index (κ2) is 7.26. The Labute approximate surface area is 136 Å². The van der Waals surface area contributed by atoms with E-state index in [4.69, 9.17) is 4.74 Å². The highest BCUT2D eigenvalue weighted by Gasteiger charge is 2.12. The highest BCUT2D eigenvalue weighted by atomic mass is 79.9. The lowest BCUT2D eigenvalue weighted by atomic mass is 10.1. The molecular formula is C16H16BrFN2O2. The molecule has 0 spiro atoms. The van der Waals surface area contributed by atoms with Crippen molar-refractivity contribution in [2.45, 2.75) is 13.0 Å². The van der Waals surface area contributed by atoms with Crippen LogP contribution < -0.4 is 15.4 Å². The molecule has 1 unspecified atom stereocenters. The summed E-state index contributed by atoms with van der Waals surface area (Å²) in [7, 11) is 1.42. The summed E-state index contributed by atoms with van der Waals surface area (Å²) in [5, 5.41) is 5.47. The van der Waals surface area contributed by atoms with Gasteiger partial charge in [0.15, 0.2) is 0 Å². The summed E-state index contributed by atoms with van der Waals surface area (Å²) in [5.74, 6) is -0.157. The first-order valence-electron chi connectivity index (χ1n) is 6.66. The summed E-state index contributed by atoms with van der Waals surface area (Å²) in [4.78, 5) is 12.1. The van der Waals surface area contributed by atoms with Crippen molar-refractivity contribution >= 4 is 27.6 Å². The summed E-state index contributed by atoms with van der Waals surface area (Å²) in [6.45, 7) is 1.88. The zero-order chi connectivity index (χ0) is 16.1. The average molecular weight is 367 g/mol. The Morgan fingerprint density at radius 1 is 1.27 bits per heavy atom. The monoisotopic (exact) mass is 366 g/mol. The van der Waals surface area contributed by atoms with Crippen molar-refractivity contribution in [3.8, 4) is 5.75 Å². The number of benzene rings is 2. The number of ether oxygens (including phenoxy) is 1. The number of rotatable bonds is 4. The molecule has 0 fully saturated rings. The van der Waals surface area contributed by atoms with Crippen LogP contribution in [0.25, 0.3) is 0 Å². The molecule has 4 nitrogen and oxygen atoms in total. The number of amides is 2. The lowest BCUT2D eigenvalue weighted by Gasteiger charge is -2.16. The topological polar surface area (TPSA) is 50.4 Å². The summed E-state index contributed by atoms with van der Waals surface area (Å²) >= 11 is 3.40. The maximum Gasteiger partial charge on any atom is 0.319 e. The first-order chi connectivity index (χ1) is 10.5. The van der Waals surface area contributed by atoms with Crippen molar-refractivity contribution in [3.05, 3.63) is 58.3 Å². The van der Waals surface area contributed by atoms with Crippen LogP contribution in [0.4, 0.5) is 14.9 Å². The number of nitrogens with one attached hydrogen (secondary N) is 2. The number of halogens is 2. The van der Waals surface area contributed by atoms with E-state index in [9.17, 15) is 9.18 Å². The molecule has 116 valence electrons. The molecule has 0 heterocycles. The number of hydrogen-bond donors (Lipinski definition) is 2. The van der Waals surface area contributed by atoms with Gasteiger partial charge >= 0.3 is 6.03 Å². The molecule has 0 saturated carbocycles. The first-order valence-corrected chi connectivity index (χ1v) is 7.45. The van der Waals surface area contributed by atoms with Crippen molar-refractivity contribution < 1.29 is 13.9 Å². The Balaban J connectivity index is 2.04. The smallest absolute Gasteiger partial charge is 0.319 e. The second-order valence-electron chi connectivity index (χ2n) is 4.72. The lowest BCUT2D eigenvalue weighted by Crippen LogP contribution is -2.31. The van der Waals surface area contributed by atoms with Gasteiger partial charge in [0.05, 0.1) is 18.8 Å². The van der Waals surface area contributed by atoms with E-state index < -0.39 is 11.8 Å². The van der Waals surface area contributed by atoms with Crippen molar-refractivity contribution in [1.82, 2.24) is 5.32 Å². The standard InChI is InChI=1S/C16H16BrFN2O2/c1-10(11-4-3-5-12(17)8-11)19-16(21)20-14-7-6-13(18)9-15(14)22-2/h3-10H,1-2H3,(H2,19,20,21). The third-order valence-corrected chi connectivity index (χ3v) is 3.60. The molecule has 0 saturated heterocycles. The Bertz CT molecular complexity index is 679. The van der Waals surface area contributed by atoms with Gasteiger partial charge < -0.3 is 15.4 Å². The van der Waals surface area contributed by atoms with Crippen LogP contribution in [0.5, 0.6) is 5.75 Å². The summed E-state index contributed by atoms with van der Waals surface area (Å²) < 4.78 is 19.1. The highest BCUT2D eigenvalue weighted by Crippen LogP contribution is 2.25. The van der Waals surface area contributed by atoms with E-state index in [-0.39, 0.29) is 11.8 Å². The minimum absolute atomic E-state index is 0.177. The van der Waals surface area contributed by atoms with E-state index in [1.165, 1.54) is 25.3 Å². The van der Waals surface area contributed by atoms with Crippen LogP contribution in [0.2, 0.25) is 0 Å². The minimum atomic E-state index is -0.426. The molecule has 0 aliphatic rings. The van der Waals surface area contributed by atoms with Gasteiger partial charge in [-0.15, -0.1) is 0 Å². The van der Waals surface area contributed by atoms with Gasteiger partial charge in [0.1, 0.15) is 11.6 Å². The number of anilines is 1. The number of urea groups is 1. The Morgan fingerprint density at radius 2 is 2.05 bits per heavy atom. The fraction of sp³-hybridized carbons (Fsp3) is 0.188. The van der Waals surface area contributed by atoms with Crippen LogP contribution in [0.15, 0.2) is 46.9 Å². The zero-order valence-electron chi connectivity index (χ0n) is 12.2. The first kappa shape index (κ1) is 16.3. The number of carbonyl (C=O) groups is 1. The minimum Gasteiger partial charge on any atom is -0.494 e. The third-order valence-electron chi connectivity index (χ3n) is 3.11. The third kappa shape index (κ3) is 4.21. The SMILES string of the molecule is COc1cc(F)ccc1NC(=O)NC(C)c1cccc(Br)c1. The van der Waals surface area contributed by atoms with Crippen molar-refractivity contribution in [2.75, 3.05) is 12.4 Å². The fourth-order valence-corrected chi connectivity index (χ4v) is 2.40.